The average Bonchev–Trinajstić information content (AvgIpc) is 2.75. The molecule has 1 amide bonds. The fourth-order valence-electron chi connectivity index (χ4n) is 3.49. The molecular weight excluding hydrogens is 367 g/mol. The van der Waals surface area contributed by atoms with Gasteiger partial charge in [-0.2, -0.15) is 0 Å². The van der Waals surface area contributed by atoms with E-state index in [1.807, 2.05) is 4.90 Å². The van der Waals surface area contributed by atoms with E-state index >= 15 is 0 Å². The summed E-state index contributed by atoms with van der Waals surface area (Å²) in [5.74, 6) is 0.261. The highest BCUT2D eigenvalue weighted by atomic mass is 19.1. The topological polar surface area (TPSA) is 48.5 Å². The Morgan fingerprint density at radius 1 is 1.00 bits per heavy atom. The van der Waals surface area contributed by atoms with Crippen molar-refractivity contribution in [2.45, 2.75) is 6.92 Å². The average molecular weight is 390 g/mol. The summed E-state index contributed by atoms with van der Waals surface area (Å²) in [5, 5.41) is 3.11. The minimum atomic E-state index is -0.294. The number of anilines is 3. The van der Waals surface area contributed by atoms with Crippen LogP contribution < -0.4 is 10.2 Å². The Morgan fingerprint density at radius 3 is 2.48 bits per heavy atom. The quantitative estimate of drug-likeness (QED) is 0.724. The summed E-state index contributed by atoms with van der Waals surface area (Å²) in [6.45, 7) is 5.05. The summed E-state index contributed by atoms with van der Waals surface area (Å²) in [7, 11) is 0. The number of hydrogen-bond donors (Lipinski definition) is 1. The number of pyridine rings is 1. The second-order valence-electron chi connectivity index (χ2n) is 7.18. The fourth-order valence-corrected chi connectivity index (χ4v) is 3.49. The molecule has 148 valence electrons. The largest absolute Gasteiger partial charge is 0.368 e. The monoisotopic (exact) mass is 390 g/mol. The SMILES string of the molecule is Cc1cccc(N2CCN(C(=O)c3ccnc(Nc4ccc(F)cc4)c3)CC2)c1. The number of aromatic nitrogens is 1. The van der Waals surface area contributed by atoms with Gasteiger partial charge in [-0.1, -0.05) is 12.1 Å². The van der Waals surface area contributed by atoms with E-state index < -0.39 is 0 Å². The Kier molecular flexibility index (Phi) is 5.42. The maximum absolute atomic E-state index is 13.1. The van der Waals surface area contributed by atoms with Crippen molar-refractivity contribution in [1.82, 2.24) is 9.88 Å². The van der Waals surface area contributed by atoms with Crippen LogP contribution in [0.3, 0.4) is 0 Å². The van der Waals surface area contributed by atoms with Crippen molar-refractivity contribution in [3.05, 3.63) is 83.8 Å². The number of benzene rings is 2. The van der Waals surface area contributed by atoms with Gasteiger partial charge in [0, 0.05) is 49.3 Å². The zero-order valence-corrected chi connectivity index (χ0v) is 16.3. The number of hydrogen-bond acceptors (Lipinski definition) is 4. The zero-order chi connectivity index (χ0) is 20.2. The normalized spacial score (nSPS) is 14.0. The molecule has 6 heteroatoms. The molecule has 0 atom stereocenters. The number of amides is 1. The summed E-state index contributed by atoms with van der Waals surface area (Å²) in [6.07, 6.45) is 1.61. The van der Waals surface area contributed by atoms with E-state index in [1.54, 1.807) is 30.5 Å². The molecule has 0 aliphatic carbocycles. The maximum atomic E-state index is 13.1. The van der Waals surface area contributed by atoms with Gasteiger partial charge >= 0.3 is 0 Å². The van der Waals surface area contributed by atoms with Crippen molar-refractivity contribution in [3.8, 4) is 0 Å². The second-order valence-corrected chi connectivity index (χ2v) is 7.18. The van der Waals surface area contributed by atoms with Crippen molar-refractivity contribution in [2.75, 3.05) is 36.4 Å². The van der Waals surface area contributed by atoms with Gasteiger partial charge in [0.2, 0.25) is 0 Å². The summed E-state index contributed by atoms with van der Waals surface area (Å²) in [4.78, 5) is 21.4. The molecule has 2 heterocycles. The van der Waals surface area contributed by atoms with Crippen LogP contribution in [0.5, 0.6) is 0 Å². The lowest BCUT2D eigenvalue weighted by Gasteiger charge is -2.36. The smallest absolute Gasteiger partial charge is 0.254 e. The lowest BCUT2D eigenvalue weighted by Crippen LogP contribution is -2.48. The van der Waals surface area contributed by atoms with Crippen molar-refractivity contribution in [2.24, 2.45) is 0 Å². The highest BCUT2D eigenvalue weighted by molar-refractivity contribution is 5.95. The summed E-state index contributed by atoms with van der Waals surface area (Å²) < 4.78 is 13.1. The molecule has 0 unspecified atom stereocenters. The van der Waals surface area contributed by atoms with Crippen LogP contribution in [0.4, 0.5) is 21.6 Å². The van der Waals surface area contributed by atoms with Crippen LogP contribution in [-0.4, -0.2) is 42.0 Å². The molecule has 0 radical (unpaired) electrons. The maximum Gasteiger partial charge on any atom is 0.254 e. The molecule has 1 fully saturated rings. The standard InChI is InChI=1S/C23H23FN4O/c1-17-3-2-4-21(15-17)27-11-13-28(14-12-27)23(29)18-9-10-25-22(16-18)26-20-7-5-19(24)6-8-20/h2-10,15-16H,11-14H2,1H3,(H,25,26). The Morgan fingerprint density at radius 2 is 1.76 bits per heavy atom. The van der Waals surface area contributed by atoms with Crippen LogP contribution in [0, 0.1) is 12.7 Å². The van der Waals surface area contributed by atoms with Crippen LogP contribution in [0.1, 0.15) is 15.9 Å². The lowest BCUT2D eigenvalue weighted by molar-refractivity contribution is 0.0746. The van der Waals surface area contributed by atoms with Gasteiger partial charge in [0.05, 0.1) is 0 Å². The molecule has 2 aromatic carbocycles. The molecule has 1 aromatic heterocycles. The van der Waals surface area contributed by atoms with Crippen LogP contribution in [0.25, 0.3) is 0 Å². The van der Waals surface area contributed by atoms with E-state index in [2.05, 4.69) is 46.4 Å². The first-order valence-corrected chi connectivity index (χ1v) is 9.68. The second kappa shape index (κ2) is 8.31. The van der Waals surface area contributed by atoms with Gasteiger partial charge in [0.15, 0.2) is 0 Å². The van der Waals surface area contributed by atoms with Crippen LogP contribution in [-0.2, 0) is 0 Å². The van der Waals surface area contributed by atoms with Gasteiger partial charge < -0.3 is 15.1 Å². The molecule has 1 N–H and O–H groups in total. The van der Waals surface area contributed by atoms with E-state index in [0.29, 0.717) is 24.5 Å². The predicted octanol–water partition coefficient (Wildman–Crippen LogP) is 4.24. The Bertz CT molecular complexity index is 998. The molecule has 0 spiro atoms. The molecule has 3 aromatic rings. The minimum Gasteiger partial charge on any atom is -0.368 e. The molecule has 29 heavy (non-hydrogen) atoms. The van der Waals surface area contributed by atoms with E-state index in [4.69, 9.17) is 0 Å². The van der Waals surface area contributed by atoms with Gasteiger partial charge in [-0.3, -0.25) is 4.79 Å². The molecule has 1 saturated heterocycles. The van der Waals surface area contributed by atoms with E-state index in [0.717, 1.165) is 18.8 Å². The Labute approximate surface area is 169 Å². The van der Waals surface area contributed by atoms with Crippen molar-refractivity contribution >= 4 is 23.1 Å². The summed E-state index contributed by atoms with van der Waals surface area (Å²) >= 11 is 0. The predicted molar refractivity (Wildman–Crippen MR) is 113 cm³/mol. The van der Waals surface area contributed by atoms with Gasteiger partial charge in [0.25, 0.3) is 5.91 Å². The Hall–Kier alpha value is -3.41. The number of nitrogens with zero attached hydrogens (tertiary/aromatic N) is 3. The minimum absolute atomic E-state index is 0.00144. The lowest BCUT2D eigenvalue weighted by atomic mass is 10.1. The van der Waals surface area contributed by atoms with Crippen molar-refractivity contribution in [3.63, 3.8) is 0 Å². The zero-order valence-electron chi connectivity index (χ0n) is 16.3. The fraction of sp³-hybridized carbons (Fsp3) is 0.217. The highest BCUT2D eigenvalue weighted by Gasteiger charge is 2.22. The third-order valence-electron chi connectivity index (χ3n) is 5.06. The molecule has 4 rings (SSSR count). The van der Waals surface area contributed by atoms with E-state index in [9.17, 15) is 9.18 Å². The van der Waals surface area contributed by atoms with Crippen molar-refractivity contribution < 1.29 is 9.18 Å². The Balaban J connectivity index is 1.40. The van der Waals surface area contributed by atoms with Gasteiger partial charge in [-0.25, -0.2) is 9.37 Å². The number of nitrogens with one attached hydrogen (secondary N) is 1. The molecule has 1 aliphatic rings. The van der Waals surface area contributed by atoms with Gasteiger partial charge in [0.1, 0.15) is 11.6 Å². The summed E-state index contributed by atoms with van der Waals surface area (Å²) in [5.41, 5.74) is 3.75. The molecule has 0 saturated carbocycles. The van der Waals surface area contributed by atoms with E-state index in [1.165, 1.54) is 23.4 Å². The molecular formula is C23H23FN4O. The highest BCUT2D eigenvalue weighted by Crippen LogP contribution is 2.20. The molecule has 5 nitrogen and oxygen atoms in total. The number of carbonyl (C=O) groups is 1. The number of rotatable bonds is 4. The van der Waals surface area contributed by atoms with Crippen molar-refractivity contribution in [1.29, 1.82) is 0 Å². The van der Waals surface area contributed by atoms with E-state index in [-0.39, 0.29) is 11.7 Å². The number of piperazine rings is 1. The van der Waals surface area contributed by atoms with Crippen LogP contribution in [0.2, 0.25) is 0 Å². The third kappa shape index (κ3) is 4.54. The van der Waals surface area contributed by atoms with Crippen LogP contribution in [0.15, 0.2) is 66.9 Å². The first-order valence-electron chi connectivity index (χ1n) is 9.68. The van der Waals surface area contributed by atoms with Crippen LogP contribution >= 0.6 is 0 Å². The van der Waals surface area contributed by atoms with Gasteiger partial charge in [-0.15, -0.1) is 0 Å². The first kappa shape index (κ1) is 18.9. The number of carbonyl (C=O) groups excluding carboxylic acids is 1. The number of aryl methyl sites for hydroxylation is 1. The molecule has 0 bridgehead atoms. The third-order valence-corrected chi connectivity index (χ3v) is 5.06. The first-order chi connectivity index (χ1) is 14.1. The number of halogens is 1. The van der Waals surface area contributed by atoms with Gasteiger partial charge in [-0.05, 0) is 61.0 Å². The summed E-state index contributed by atoms with van der Waals surface area (Å²) in [6, 6.07) is 17.9. The molecule has 1 aliphatic heterocycles.